The van der Waals surface area contributed by atoms with Crippen molar-refractivity contribution in [2.24, 2.45) is 0 Å². The van der Waals surface area contributed by atoms with Gasteiger partial charge in [-0.25, -0.2) is 0 Å². The van der Waals surface area contributed by atoms with Crippen LogP contribution >= 0.6 is 11.6 Å². The van der Waals surface area contributed by atoms with Gasteiger partial charge in [0.05, 0.1) is 6.42 Å². The molecule has 0 spiro atoms. The van der Waals surface area contributed by atoms with E-state index in [2.05, 4.69) is 30.1 Å². The van der Waals surface area contributed by atoms with Crippen LogP contribution in [0.5, 0.6) is 0 Å². The highest BCUT2D eigenvalue weighted by Gasteiger charge is 2.19. The molecule has 110 valence electrons. The summed E-state index contributed by atoms with van der Waals surface area (Å²) in [7, 11) is 0. The Hall–Kier alpha value is -1.06. The first-order valence-corrected chi connectivity index (χ1v) is 7.85. The van der Waals surface area contributed by atoms with Gasteiger partial charge in [0.1, 0.15) is 0 Å². The van der Waals surface area contributed by atoms with Gasteiger partial charge in [0.2, 0.25) is 5.91 Å². The summed E-state index contributed by atoms with van der Waals surface area (Å²) in [6.07, 6.45) is 3.78. The number of carbonyl (C=O) groups excluding carboxylic acids is 1. The van der Waals surface area contributed by atoms with E-state index in [0.29, 0.717) is 6.42 Å². The first kappa shape index (κ1) is 15.3. The minimum Gasteiger partial charge on any atom is -0.325 e. The zero-order valence-corrected chi connectivity index (χ0v) is 13.1. The van der Waals surface area contributed by atoms with Crippen molar-refractivity contribution in [3.63, 3.8) is 0 Å². The highest BCUT2D eigenvalue weighted by Crippen LogP contribution is 2.30. The third-order valence-corrected chi connectivity index (χ3v) is 4.03. The summed E-state index contributed by atoms with van der Waals surface area (Å²) in [6, 6.07) is 3.98. The third-order valence-electron chi connectivity index (χ3n) is 3.67. The van der Waals surface area contributed by atoms with E-state index in [1.54, 1.807) is 0 Å². The molecule has 1 aliphatic rings. The monoisotopic (exact) mass is 294 g/mol. The fraction of sp³-hybridized carbons (Fsp3) is 0.562. The number of hydrogen-bond acceptors (Lipinski definition) is 2. The summed E-state index contributed by atoms with van der Waals surface area (Å²) in [4.78, 5) is 13.9. The van der Waals surface area contributed by atoms with Gasteiger partial charge in [0, 0.05) is 17.3 Å². The predicted molar refractivity (Wildman–Crippen MR) is 84.5 cm³/mol. The molecule has 1 N–H and O–H groups in total. The first-order valence-electron chi connectivity index (χ1n) is 7.47. The maximum Gasteiger partial charge on any atom is 0.228 e. The van der Waals surface area contributed by atoms with Gasteiger partial charge in [-0.15, -0.1) is 0 Å². The summed E-state index contributed by atoms with van der Waals surface area (Å²) in [5.41, 5.74) is 3.11. The van der Waals surface area contributed by atoms with E-state index in [1.807, 2.05) is 6.07 Å². The molecule has 0 atom stereocenters. The van der Waals surface area contributed by atoms with Gasteiger partial charge in [0.25, 0.3) is 0 Å². The smallest absolute Gasteiger partial charge is 0.228 e. The van der Waals surface area contributed by atoms with E-state index in [0.717, 1.165) is 47.9 Å². The molecule has 0 fully saturated rings. The standard InChI is InChI=1S/C16H23ClN2O/c1-3-6-19(7-4-2)8-5-12-9-13-10-16(20)18-15(13)11-14(12)17/h9,11H,3-8,10H2,1-2H3,(H,18,20). The van der Waals surface area contributed by atoms with E-state index < -0.39 is 0 Å². The Morgan fingerprint density at radius 3 is 2.55 bits per heavy atom. The second-order valence-electron chi connectivity index (χ2n) is 5.42. The quantitative estimate of drug-likeness (QED) is 0.835. The zero-order valence-electron chi connectivity index (χ0n) is 12.3. The van der Waals surface area contributed by atoms with Crippen LogP contribution in [-0.4, -0.2) is 30.4 Å². The Morgan fingerprint density at radius 2 is 1.90 bits per heavy atom. The normalized spacial score (nSPS) is 13.7. The molecule has 1 aliphatic heterocycles. The molecule has 0 saturated heterocycles. The predicted octanol–water partition coefficient (Wildman–Crippen LogP) is 3.50. The maximum absolute atomic E-state index is 11.4. The second kappa shape index (κ2) is 7.09. The molecule has 0 bridgehead atoms. The van der Waals surface area contributed by atoms with Gasteiger partial charge in [-0.2, -0.15) is 0 Å². The van der Waals surface area contributed by atoms with Crippen LogP contribution in [0.4, 0.5) is 5.69 Å². The summed E-state index contributed by atoms with van der Waals surface area (Å²) >= 11 is 6.32. The highest BCUT2D eigenvalue weighted by molar-refractivity contribution is 6.31. The number of nitrogens with zero attached hydrogens (tertiary/aromatic N) is 1. The van der Waals surface area contributed by atoms with Crippen molar-refractivity contribution in [3.05, 3.63) is 28.3 Å². The molecular weight excluding hydrogens is 272 g/mol. The number of hydrogen-bond donors (Lipinski definition) is 1. The summed E-state index contributed by atoms with van der Waals surface area (Å²) < 4.78 is 0. The van der Waals surface area contributed by atoms with Crippen molar-refractivity contribution < 1.29 is 4.79 Å². The molecule has 20 heavy (non-hydrogen) atoms. The number of anilines is 1. The average Bonchev–Trinajstić information content (AvgIpc) is 2.75. The van der Waals surface area contributed by atoms with Gasteiger partial charge in [0.15, 0.2) is 0 Å². The number of carbonyl (C=O) groups is 1. The lowest BCUT2D eigenvalue weighted by Gasteiger charge is -2.21. The van der Waals surface area contributed by atoms with Crippen molar-refractivity contribution in [2.45, 2.75) is 39.5 Å². The summed E-state index contributed by atoms with van der Waals surface area (Å²) in [5.74, 6) is 0.0619. The van der Waals surface area contributed by atoms with Crippen LogP contribution in [0.3, 0.4) is 0 Å². The average molecular weight is 295 g/mol. The molecule has 1 heterocycles. The lowest BCUT2D eigenvalue weighted by Crippen LogP contribution is -2.27. The lowest BCUT2D eigenvalue weighted by molar-refractivity contribution is -0.115. The van der Waals surface area contributed by atoms with Crippen LogP contribution in [0, 0.1) is 0 Å². The van der Waals surface area contributed by atoms with E-state index >= 15 is 0 Å². The van der Waals surface area contributed by atoms with Gasteiger partial charge in [-0.3, -0.25) is 4.79 Å². The molecule has 1 aromatic rings. The molecule has 0 aliphatic carbocycles. The first-order chi connectivity index (χ1) is 9.63. The molecule has 0 saturated carbocycles. The van der Waals surface area contributed by atoms with Gasteiger partial charge in [-0.05, 0) is 49.5 Å². The topological polar surface area (TPSA) is 32.3 Å². The number of benzene rings is 1. The molecular formula is C16H23ClN2O. The minimum atomic E-state index is 0.0619. The van der Waals surface area contributed by atoms with Crippen LogP contribution in [0.25, 0.3) is 0 Å². The zero-order chi connectivity index (χ0) is 14.5. The Balaban J connectivity index is 2.02. The largest absolute Gasteiger partial charge is 0.325 e. The maximum atomic E-state index is 11.4. The Labute approximate surface area is 126 Å². The number of rotatable bonds is 7. The number of nitrogens with one attached hydrogen (secondary N) is 1. The summed E-state index contributed by atoms with van der Waals surface area (Å²) in [5, 5.41) is 3.60. The van der Waals surface area contributed by atoms with Crippen molar-refractivity contribution in [1.29, 1.82) is 0 Å². The van der Waals surface area contributed by atoms with Gasteiger partial charge in [-0.1, -0.05) is 31.5 Å². The van der Waals surface area contributed by atoms with Gasteiger partial charge < -0.3 is 10.2 Å². The number of fused-ring (bicyclic) bond motifs is 1. The van der Waals surface area contributed by atoms with Crippen LogP contribution < -0.4 is 5.32 Å². The molecule has 1 amide bonds. The van der Waals surface area contributed by atoms with Crippen LogP contribution in [-0.2, 0) is 17.6 Å². The van der Waals surface area contributed by atoms with Gasteiger partial charge >= 0.3 is 0 Å². The fourth-order valence-electron chi connectivity index (χ4n) is 2.74. The Kier molecular flexibility index (Phi) is 5.44. The van der Waals surface area contributed by atoms with Crippen molar-refractivity contribution in [2.75, 3.05) is 25.0 Å². The SMILES string of the molecule is CCCN(CCC)CCc1cc2c(cc1Cl)NC(=O)C2. The highest BCUT2D eigenvalue weighted by atomic mass is 35.5. The number of amides is 1. The molecule has 0 unspecified atom stereocenters. The molecule has 0 aromatic heterocycles. The van der Waals surface area contributed by atoms with Crippen molar-refractivity contribution >= 4 is 23.2 Å². The van der Waals surface area contributed by atoms with E-state index in [4.69, 9.17) is 11.6 Å². The molecule has 3 nitrogen and oxygen atoms in total. The fourth-order valence-corrected chi connectivity index (χ4v) is 3.00. The van der Waals surface area contributed by atoms with Crippen molar-refractivity contribution in [1.82, 2.24) is 4.90 Å². The molecule has 0 radical (unpaired) electrons. The van der Waals surface area contributed by atoms with Crippen molar-refractivity contribution in [3.8, 4) is 0 Å². The lowest BCUT2D eigenvalue weighted by atomic mass is 10.1. The van der Waals surface area contributed by atoms with E-state index in [9.17, 15) is 4.79 Å². The van der Waals surface area contributed by atoms with Crippen LogP contribution in [0.1, 0.15) is 37.8 Å². The molecule has 2 rings (SSSR count). The number of halogens is 1. The second-order valence-corrected chi connectivity index (χ2v) is 5.82. The molecule has 1 aromatic carbocycles. The van der Waals surface area contributed by atoms with Crippen LogP contribution in [0.2, 0.25) is 5.02 Å². The summed E-state index contributed by atoms with van der Waals surface area (Å²) in [6.45, 7) is 7.72. The Morgan fingerprint density at radius 1 is 1.20 bits per heavy atom. The van der Waals surface area contributed by atoms with Crippen LogP contribution in [0.15, 0.2) is 12.1 Å². The van der Waals surface area contributed by atoms with E-state index in [-0.39, 0.29) is 5.91 Å². The van der Waals surface area contributed by atoms with E-state index in [1.165, 1.54) is 12.8 Å². The Bertz CT molecular complexity index is 482. The minimum absolute atomic E-state index is 0.0619. The molecule has 4 heteroatoms. The third kappa shape index (κ3) is 3.74.